The van der Waals surface area contributed by atoms with Gasteiger partial charge in [-0.1, -0.05) is 12.1 Å². The largest absolute Gasteiger partial charge is 0.457 e. The highest BCUT2D eigenvalue weighted by Gasteiger charge is 2.42. The van der Waals surface area contributed by atoms with Crippen molar-refractivity contribution >= 4 is 5.91 Å². The zero-order valence-corrected chi connectivity index (χ0v) is 16.7. The van der Waals surface area contributed by atoms with E-state index in [1.54, 1.807) is 4.90 Å². The van der Waals surface area contributed by atoms with E-state index in [2.05, 4.69) is 0 Å². The number of carbonyl (C=O) groups is 1. The summed E-state index contributed by atoms with van der Waals surface area (Å²) in [6.07, 6.45) is 0.182. The lowest BCUT2D eigenvalue weighted by molar-refractivity contribution is -0.0372. The van der Waals surface area contributed by atoms with Gasteiger partial charge in [0.2, 0.25) is 0 Å². The number of carbonyl (C=O) groups excluding carboxylic acids is 1. The fourth-order valence-electron chi connectivity index (χ4n) is 4.50. The van der Waals surface area contributed by atoms with Crippen LogP contribution in [0, 0.1) is 17.7 Å². The molecule has 160 valence electrons. The number of likely N-dealkylation sites (tertiary alicyclic amines) is 1. The number of aliphatic hydroxyl groups excluding tert-OH is 2. The van der Waals surface area contributed by atoms with E-state index in [-0.39, 0.29) is 17.4 Å². The van der Waals surface area contributed by atoms with Gasteiger partial charge in [-0.25, -0.2) is 4.39 Å². The molecule has 4 atom stereocenters. The van der Waals surface area contributed by atoms with Gasteiger partial charge in [-0.15, -0.1) is 0 Å². The maximum atomic E-state index is 14.4. The van der Waals surface area contributed by atoms with Gasteiger partial charge in [0.1, 0.15) is 17.3 Å². The molecule has 30 heavy (non-hydrogen) atoms. The molecule has 7 heteroatoms. The third-order valence-corrected chi connectivity index (χ3v) is 6.16. The van der Waals surface area contributed by atoms with E-state index < -0.39 is 23.9 Å². The van der Waals surface area contributed by atoms with Crippen LogP contribution in [0.3, 0.4) is 0 Å². The maximum Gasteiger partial charge on any atom is 0.256 e. The van der Waals surface area contributed by atoms with Gasteiger partial charge in [-0.2, -0.15) is 0 Å². The number of hydrogen-bond acceptors (Lipinski definition) is 5. The molecular formula is C23H27FN2O4. The Kier molecular flexibility index (Phi) is 6.04. The molecule has 1 heterocycles. The normalized spacial score (nSPS) is 25.8. The van der Waals surface area contributed by atoms with Crippen LogP contribution in [0.4, 0.5) is 4.39 Å². The average Bonchev–Trinajstić information content (AvgIpc) is 3.13. The Labute approximate surface area is 175 Å². The van der Waals surface area contributed by atoms with Crippen LogP contribution in [0.5, 0.6) is 11.5 Å². The number of hydrogen-bond donors (Lipinski definition) is 3. The second-order valence-corrected chi connectivity index (χ2v) is 8.26. The van der Waals surface area contributed by atoms with Gasteiger partial charge in [0.25, 0.3) is 5.91 Å². The Morgan fingerprint density at radius 1 is 1.03 bits per heavy atom. The molecule has 1 saturated heterocycles. The van der Waals surface area contributed by atoms with Gasteiger partial charge in [0.15, 0.2) is 0 Å². The van der Waals surface area contributed by atoms with Crippen LogP contribution in [0.1, 0.15) is 28.8 Å². The summed E-state index contributed by atoms with van der Waals surface area (Å²) in [5, 5.41) is 19.8. The highest BCUT2D eigenvalue weighted by Crippen LogP contribution is 2.37. The first kappa shape index (κ1) is 20.8. The molecule has 4 N–H and O–H groups in total. The number of fused-ring (bicyclic) bond motifs is 1. The zero-order chi connectivity index (χ0) is 21.3. The van der Waals surface area contributed by atoms with E-state index in [0.29, 0.717) is 44.0 Å². The van der Waals surface area contributed by atoms with Crippen LogP contribution in [0.15, 0.2) is 42.5 Å². The Morgan fingerprint density at radius 3 is 2.23 bits per heavy atom. The molecule has 1 aliphatic heterocycles. The zero-order valence-electron chi connectivity index (χ0n) is 16.7. The van der Waals surface area contributed by atoms with Crippen molar-refractivity contribution in [1.29, 1.82) is 0 Å². The Bertz CT molecular complexity index is 887. The lowest BCUT2D eigenvalue weighted by atomic mass is 9.79. The minimum atomic E-state index is -0.758. The summed E-state index contributed by atoms with van der Waals surface area (Å²) in [5.74, 6) is 0.240. The molecule has 4 rings (SSSR count). The minimum absolute atomic E-state index is 0.0352. The van der Waals surface area contributed by atoms with Gasteiger partial charge in [0.05, 0.1) is 17.8 Å². The number of benzene rings is 2. The summed E-state index contributed by atoms with van der Waals surface area (Å²) < 4.78 is 20.3. The summed E-state index contributed by atoms with van der Waals surface area (Å²) in [6.45, 7) is 1.49. The van der Waals surface area contributed by atoms with Crippen molar-refractivity contribution in [3.8, 4) is 11.5 Å². The molecule has 2 aromatic carbocycles. The van der Waals surface area contributed by atoms with E-state index in [1.165, 1.54) is 18.2 Å². The second kappa shape index (κ2) is 8.71. The molecule has 0 unspecified atom stereocenters. The number of rotatable bonds is 5. The van der Waals surface area contributed by atoms with Crippen LogP contribution in [0.25, 0.3) is 0 Å². The molecular weight excluding hydrogens is 387 g/mol. The first-order valence-corrected chi connectivity index (χ1v) is 10.4. The number of halogens is 1. The third-order valence-electron chi connectivity index (χ3n) is 6.16. The van der Waals surface area contributed by atoms with Crippen LogP contribution in [-0.2, 0) is 6.42 Å². The molecule has 2 fully saturated rings. The van der Waals surface area contributed by atoms with E-state index in [4.69, 9.17) is 10.5 Å². The topological polar surface area (TPSA) is 96.0 Å². The molecule has 2 aliphatic rings. The number of amides is 1. The fraction of sp³-hybridized carbons (Fsp3) is 0.435. The highest BCUT2D eigenvalue weighted by molar-refractivity contribution is 5.95. The molecule has 1 amide bonds. The molecule has 0 bridgehead atoms. The molecule has 0 spiro atoms. The summed E-state index contributed by atoms with van der Waals surface area (Å²) in [7, 11) is 0. The highest BCUT2D eigenvalue weighted by atomic mass is 19.1. The minimum Gasteiger partial charge on any atom is -0.457 e. The van der Waals surface area contributed by atoms with Crippen molar-refractivity contribution in [3.05, 3.63) is 59.4 Å². The Morgan fingerprint density at radius 2 is 1.63 bits per heavy atom. The lowest BCUT2D eigenvalue weighted by Gasteiger charge is -2.31. The second-order valence-electron chi connectivity index (χ2n) is 8.26. The van der Waals surface area contributed by atoms with E-state index in [1.807, 2.05) is 24.3 Å². The first-order chi connectivity index (χ1) is 14.4. The van der Waals surface area contributed by atoms with Crippen LogP contribution >= 0.6 is 0 Å². The predicted octanol–water partition coefficient (Wildman–Crippen LogP) is 2.32. The Balaban J connectivity index is 1.47. The van der Waals surface area contributed by atoms with Crippen molar-refractivity contribution in [2.45, 2.75) is 31.5 Å². The molecule has 1 aliphatic carbocycles. The van der Waals surface area contributed by atoms with Gasteiger partial charge in [-0.3, -0.25) is 4.79 Å². The first-order valence-electron chi connectivity index (χ1n) is 10.4. The van der Waals surface area contributed by atoms with Crippen LogP contribution < -0.4 is 10.5 Å². The quantitative estimate of drug-likeness (QED) is 0.698. The lowest BCUT2D eigenvalue weighted by Crippen LogP contribution is -2.38. The van der Waals surface area contributed by atoms with Gasteiger partial charge in [-0.05, 0) is 73.5 Å². The molecule has 0 radical (unpaired) electrons. The molecule has 6 nitrogen and oxygen atoms in total. The van der Waals surface area contributed by atoms with E-state index in [0.717, 1.165) is 12.0 Å². The van der Waals surface area contributed by atoms with Crippen molar-refractivity contribution in [1.82, 2.24) is 4.90 Å². The number of ether oxygens (including phenoxy) is 1. The SMILES string of the molecule is NCCc1ccc(Oc2ccc(F)c(C(=O)N3C[C@H]4C[C@H](O)[C@H](O)C[C@H]4C3)c2)cc1. The van der Waals surface area contributed by atoms with Gasteiger partial charge in [0, 0.05) is 13.1 Å². The smallest absolute Gasteiger partial charge is 0.256 e. The summed E-state index contributed by atoms with van der Waals surface area (Å²) in [5.41, 5.74) is 6.62. The summed E-state index contributed by atoms with van der Waals surface area (Å²) >= 11 is 0. The molecule has 0 aromatic heterocycles. The van der Waals surface area contributed by atoms with Crippen LogP contribution in [0.2, 0.25) is 0 Å². The van der Waals surface area contributed by atoms with Crippen LogP contribution in [-0.4, -0.2) is 52.9 Å². The summed E-state index contributed by atoms with van der Waals surface area (Å²) in [6, 6.07) is 11.6. The molecule has 2 aromatic rings. The van der Waals surface area contributed by atoms with Crippen molar-refractivity contribution in [2.24, 2.45) is 17.6 Å². The van der Waals surface area contributed by atoms with Crippen molar-refractivity contribution in [2.75, 3.05) is 19.6 Å². The number of aliphatic hydroxyl groups is 2. The Hall–Kier alpha value is -2.48. The number of nitrogens with two attached hydrogens (primary N) is 1. The standard InChI is InChI=1S/C23H27FN2O4/c24-20-6-5-18(30-17-3-1-14(2-4-17)7-8-25)11-19(20)23(29)26-12-15-9-21(27)22(28)10-16(15)13-26/h1-6,11,15-16,21-22,27-28H,7-10,12-13,25H2/t15-,16+,21+,22-. The predicted molar refractivity (Wildman–Crippen MR) is 110 cm³/mol. The molecule has 1 saturated carbocycles. The van der Waals surface area contributed by atoms with Gasteiger partial charge < -0.3 is 25.6 Å². The average molecular weight is 414 g/mol. The van der Waals surface area contributed by atoms with Crippen molar-refractivity contribution in [3.63, 3.8) is 0 Å². The monoisotopic (exact) mass is 414 g/mol. The number of nitrogens with zero attached hydrogens (tertiary/aromatic N) is 1. The maximum absolute atomic E-state index is 14.4. The third kappa shape index (κ3) is 4.33. The van der Waals surface area contributed by atoms with Gasteiger partial charge >= 0.3 is 0 Å². The summed E-state index contributed by atoms with van der Waals surface area (Å²) in [4.78, 5) is 14.6. The fourth-order valence-corrected chi connectivity index (χ4v) is 4.50. The van der Waals surface area contributed by atoms with E-state index in [9.17, 15) is 19.4 Å². The van der Waals surface area contributed by atoms with E-state index >= 15 is 0 Å². The van der Waals surface area contributed by atoms with Crippen molar-refractivity contribution < 1.29 is 24.1 Å².